The van der Waals surface area contributed by atoms with Gasteiger partial charge in [0.1, 0.15) is 23.5 Å². The van der Waals surface area contributed by atoms with Crippen molar-refractivity contribution in [2.24, 2.45) is 16.8 Å². The van der Waals surface area contributed by atoms with Crippen LogP contribution in [0, 0.1) is 79.8 Å². The van der Waals surface area contributed by atoms with Crippen molar-refractivity contribution in [1.29, 1.82) is 31.6 Å². The van der Waals surface area contributed by atoms with Crippen molar-refractivity contribution in [3.8, 4) is 36.4 Å². The number of nitriles is 6. The molecule has 8 nitrogen and oxygen atoms in total. The van der Waals surface area contributed by atoms with Crippen LogP contribution in [0.15, 0.2) is 136 Å². The standard InChI is InChI=1S/C41H34N8/c1-29(2)41(49(3)4)48-40-32(17-11-19-34(23-42)38(36(25-44)26-45)30-13-7-5-8-14-30)21-22-33(40)18-12-20-35(24-43)39(37(27-46)28-47)31-15-9-6-10-16-31/h5-20,29,36H,21-22H2,1-4H3/b18-12+,19-11+,32-17+,35-20+,38-34-,48-41-. The molecule has 0 saturated heterocycles. The summed E-state index contributed by atoms with van der Waals surface area (Å²) in [7, 11) is 3.87. The van der Waals surface area contributed by atoms with Gasteiger partial charge >= 0.3 is 0 Å². The van der Waals surface area contributed by atoms with Crippen LogP contribution in [0.1, 0.15) is 37.8 Å². The molecule has 0 unspecified atom stereocenters. The molecule has 1 aliphatic rings. The summed E-state index contributed by atoms with van der Waals surface area (Å²) >= 11 is 0. The van der Waals surface area contributed by atoms with E-state index >= 15 is 0 Å². The summed E-state index contributed by atoms with van der Waals surface area (Å²) in [5.74, 6) is -0.130. The molecule has 2 aromatic rings. The van der Waals surface area contributed by atoms with Crippen LogP contribution in [0.25, 0.3) is 11.1 Å². The molecule has 0 amide bonds. The molecule has 0 fully saturated rings. The number of aliphatic imine (C=N–C) groups is 1. The molecule has 8 heteroatoms. The Morgan fingerprint density at radius 1 is 0.776 bits per heavy atom. The fourth-order valence-corrected chi connectivity index (χ4v) is 5.35. The van der Waals surface area contributed by atoms with E-state index in [9.17, 15) is 31.6 Å². The van der Waals surface area contributed by atoms with Crippen LogP contribution in [0.4, 0.5) is 0 Å². The average molecular weight is 639 g/mol. The molecule has 0 aromatic heterocycles. The minimum absolute atomic E-state index is 0.125. The van der Waals surface area contributed by atoms with Gasteiger partial charge in [-0.25, -0.2) is 4.99 Å². The van der Waals surface area contributed by atoms with E-state index in [1.807, 2.05) is 67.6 Å². The second-order valence-corrected chi connectivity index (χ2v) is 11.3. The van der Waals surface area contributed by atoms with Crippen LogP contribution < -0.4 is 0 Å². The predicted octanol–water partition coefficient (Wildman–Crippen LogP) is 8.28. The Kier molecular flexibility index (Phi) is 13.6. The number of hydrogen-bond acceptors (Lipinski definition) is 7. The maximum Gasteiger partial charge on any atom is 0.160 e. The maximum absolute atomic E-state index is 10.1. The lowest BCUT2D eigenvalue weighted by molar-refractivity contribution is 0.574. The average Bonchev–Trinajstić information content (AvgIpc) is 3.50. The Balaban J connectivity index is 2.17. The maximum atomic E-state index is 10.1. The second kappa shape index (κ2) is 18.2. The molecule has 238 valence electrons. The largest absolute Gasteiger partial charge is 0.366 e. The van der Waals surface area contributed by atoms with Crippen LogP contribution in [0.5, 0.6) is 0 Å². The van der Waals surface area contributed by atoms with Crippen LogP contribution in [0.3, 0.4) is 0 Å². The summed E-state index contributed by atoms with van der Waals surface area (Å²) in [6.07, 6.45) is 11.8. The van der Waals surface area contributed by atoms with Gasteiger partial charge in [-0.3, -0.25) is 0 Å². The Labute approximate surface area is 288 Å². The molecule has 0 radical (unpaired) electrons. The Hall–Kier alpha value is -6.97. The van der Waals surface area contributed by atoms with Gasteiger partial charge in [0.25, 0.3) is 0 Å². The molecule has 0 bridgehead atoms. The van der Waals surface area contributed by atoms with Gasteiger partial charge in [-0.15, -0.1) is 0 Å². The summed E-state index contributed by atoms with van der Waals surface area (Å²) in [5, 5.41) is 58.7. The molecule has 3 rings (SSSR count). The highest BCUT2D eigenvalue weighted by Gasteiger charge is 2.21. The highest BCUT2D eigenvalue weighted by Crippen LogP contribution is 2.35. The van der Waals surface area contributed by atoms with Crippen molar-refractivity contribution < 1.29 is 0 Å². The SMILES string of the molecule is CC(C)/C(=N/C1=C(/C=C/C=C(\C#N)C(=C(C#N)C#N)c2ccccc2)CC\C1=C/C=C/C(C#N)=C(\c1ccccc1)C(C#N)C#N)N(C)C. The second-order valence-electron chi connectivity index (χ2n) is 11.3. The van der Waals surface area contributed by atoms with Crippen LogP contribution in [-0.2, 0) is 0 Å². The van der Waals surface area contributed by atoms with Gasteiger partial charge in [-0.1, -0.05) is 98.8 Å². The lowest BCUT2D eigenvalue weighted by atomic mass is 9.90. The Morgan fingerprint density at radius 3 is 1.90 bits per heavy atom. The monoisotopic (exact) mass is 638 g/mol. The predicted molar refractivity (Wildman–Crippen MR) is 191 cm³/mol. The van der Waals surface area contributed by atoms with Crippen molar-refractivity contribution >= 4 is 17.0 Å². The molecular weight excluding hydrogens is 605 g/mol. The Bertz CT molecular complexity index is 2020. The fourth-order valence-electron chi connectivity index (χ4n) is 5.35. The van der Waals surface area contributed by atoms with Crippen LogP contribution in [-0.4, -0.2) is 24.8 Å². The summed E-state index contributed by atoms with van der Waals surface area (Å²) in [6, 6.07) is 30.0. The van der Waals surface area contributed by atoms with Gasteiger partial charge in [-0.2, -0.15) is 31.6 Å². The van der Waals surface area contributed by atoms with E-state index in [1.165, 1.54) is 0 Å². The third kappa shape index (κ3) is 9.29. The van der Waals surface area contributed by atoms with Crippen molar-refractivity contribution in [2.45, 2.75) is 26.7 Å². The highest BCUT2D eigenvalue weighted by molar-refractivity contribution is 5.89. The zero-order valence-corrected chi connectivity index (χ0v) is 27.9. The van der Waals surface area contributed by atoms with Gasteiger partial charge in [0.2, 0.25) is 0 Å². The van der Waals surface area contributed by atoms with E-state index in [1.54, 1.807) is 72.8 Å². The zero-order chi connectivity index (χ0) is 35.8. The molecule has 0 heterocycles. The van der Waals surface area contributed by atoms with Gasteiger partial charge in [0, 0.05) is 31.2 Å². The van der Waals surface area contributed by atoms with Crippen molar-refractivity contribution in [1.82, 2.24) is 4.90 Å². The third-order valence-corrected chi connectivity index (χ3v) is 7.56. The van der Waals surface area contributed by atoms with Crippen molar-refractivity contribution in [3.63, 3.8) is 0 Å². The first-order valence-electron chi connectivity index (χ1n) is 15.5. The number of rotatable bonds is 10. The molecule has 0 aliphatic heterocycles. The van der Waals surface area contributed by atoms with E-state index in [-0.39, 0.29) is 28.2 Å². The number of amidine groups is 1. The minimum atomic E-state index is -1.12. The van der Waals surface area contributed by atoms with Crippen LogP contribution >= 0.6 is 0 Å². The van der Waals surface area contributed by atoms with E-state index in [0.29, 0.717) is 29.5 Å². The minimum Gasteiger partial charge on any atom is -0.366 e. The van der Waals surface area contributed by atoms with Gasteiger partial charge in [-0.05, 0) is 47.3 Å². The van der Waals surface area contributed by atoms with Crippen molar-refractivity contribution in [3.05, 3.63) is 142 Å². The van der Waals surface area contributed by atoms with Gasteiger partial charge in [0.05, 0.1) is 41.1 Å². The number of benzene rings is 2. The fraction of sp³-hybridized carbons (Fsp3) is 0.195. The number of hydrogen-bond donors (Lipinski definition) is 0. The molecule has 2 aromatic carbocycles. The first kappa shape index (κ1) is 36.5. The van der Waals surface area contributed by atoms with E-state index in [4.69, 9.17) is 4.99 Å². The van der Waals surface area contributed by atoms with Crippen molar-refractivity contribution in [2.75, 3.05) is 14.1 Å². The van der Waals surface area contributed by atoms with Crippen LogP contribution in [0.2, 0.25) is 0 Å². The lowest BCUT2D eigenvalue weighted by Gasteiger charge is -2.20. The topological polar surface area (TPSA) is 158 Å². The summed E-state index contributed by atoms with van der Waals surface area (Å²) < 4.78 is 0. The molecular formula is C41H34N8. The highest BCUT2D eigenvalue weighted by atomic mass is 15.1. The molecule has 0 saturated carbocycles. The molecule has 0 spiro atoms. The lowest BCUT2D eigenvalue weighted by Crippen LogP contribution is -2.27. The molecule has 49 heavy (non-hydrogen) atoms. The smallest absolute Gasteiger partial charge is 0.160 e. The van der Waals surface area contributed by atoms with E-state index in [0.717, 1.165) is 22.7 Å². The summed E-state index contributed by atoms with van der Waals surface area (Å²) in [5.41, 5.74) is 4.68. The van der Waals surface area contributed by atoms with Gasteiger partial charge < -0.3 is 4.90 Å². The Morgan fingerprint density at radius 2 is 1.39 bits per heavy atom. The quantitative estimate of drug-likeness (QED) is 0.110. The molecule has 0 N–H and O–H groups in total. The van der Waals surface area contributed by atoms with E-state index in [2.05, 4.69) is 26.0 Å². The van der Waals surface area contributed by atoms with E-state index < -0.39 is 5.92 Å². The number of nitrogens with zero attached hydrogens (tertiary/aromatic N) is 8. The molecule has 1 aliphatic carbocycles. The summed E-state index contributed by atoms with van der Waals surface area (Å²) in [4.78, 5) is 7.04. The zero-order valence-electron chi connectivity index (χ0n) is 27.9. The first-order chi connectivity index (χ1) is 23.7. The van der Waals surface area contributed by atoms with Gasteiger partial charge in [0.15, 0.2) is 5.92 Å². The summed E-state index contributed by atoms with van der Waals surface area (Å²) in [6.45, 7) is 4.12. The number of allylic oxidation sites excluding steroid dienone is 13. The molecule has 0 atom stereocenters. The normalized spacial score (nSPS) is 14.6. The third-order valence-electron chi connectivity index (χ3n) is 7.56. The first-order valence-corrected chi connectivity index (χ1v) is 15.5.